The van der Waals surface area contributed by atoms with Gasteiger partial charge in [-0.05, 0) is 54.2 Å². The number of carbonyl (C=O) groups is 1. The van der Waals surface area contributed by atoms with E-state index in [1.165, 1.54) is 12.8 Å². The molecule has 1 heterocycles. The molecule has 2 fully saturated rings. The van der Waals surface area contributed by atoms with E-state index in [1.807, 2.05) is 36.5 Å². The van der Waals surface area contributed by atoms with Gasteiger partial charge in [0.2, 0.25) is 0 Å². The van der Waals surface area contributed by atoms with Gasteiger partial charge in [0.25, 0.3) is 5.91 Å². The number of nitrogens with zero attached hydrogens (tertiary/aromatic N) is 2. The van der Waals surface area contributed by atoms with Gasteiger partial charge in [-0.3, -0.25) is 4.79 Å². The minimum absolute atomic E-state index is 0.0562. The van der Waals surface area contributed by atoms with Crippen LogP contribution >= 0.6 is 0 Å². The zero-order chi connectivity index (χ0) is 16.9. The van der Waals surface area contributed by atoms with Crippen LogP contribution in [0.5, 0.6) is 0 Å². The second-order valence-corrected chi connectivity index (χ2v) is 8.12. The Morgan fingerprint density at radius 1 is 1.21 bits per heavy atom. The molecule has 0 radical (unpaired) electrons. The fraction of sp³-hybridized carbons (Fsp3) is 0.500. The van der Waals surface area contributed by atoms with E-state index >= 15 is 0 Å². The van der Waals surface area contributed by atoms with E-state index in [1.54, 1.807) is 10.7 Å². The summed E-state index contributed by atoms with van der Waals surface area (Å²) in [5.41, 5.74) is 1.94. The average molecular weight is 323 g/mol. The first-order valence-electron chi connectivity index (χ1n) is 8.84. The number of carbonyl (C=O) groups excluding carboxylic acids is 1. The maximum atomic E-state index is 12.7. The number of nitrogens with one attached hydrogen (secondary N) is 1. The molecule has 1 N–H and O–H groups in total. The van der Waals surface area contributed by atoms with Crippen LogP contribution < -0.4 is 5.32 Å². The molecule has 4 heteroatoms. The summed E-state index contributed by atoms with van der Waals surface area (Å²) >= 11 is 0. The van der Waals surface area contributed by atoms with Gasteiger partial charge in [0.1, 0.15) is 0 Å². The summed E-state index contributed by atoms with van der Waals surface area (Å²) in [7, 11) is 0. The SMILES string of the molecule is CC1(C)[C@H]2CC[C@@]1(C)[C@@H](NC(=O)c1ccn(-c3ccccc3)n1)C2. The lowest BCUT2D eigenvalue weighted by Crippen LogP contribution is -2.47. The predicted octanol–water partition coefficient (Wildman–Crippen LogP) is 3.82. The molecule has 24 heavy (non-hydrogen) atoms. The molecule has 2 aliphatic rings. The summed E-state index contributed by atoms with van der Waals surface area (Å²) < 4.78 is 1.75. The fourth-order valence-corrected chi connectivity index (χ4v) is 4.82. The minimum Gasteiger partial charge on any atom is -0.347 e. The summed E-state index contributed by atoms with van der Waals surface area (Å²) in [4.78, 5) is 12.7. The molecule has 4 rings (SSSR count). The number of para-hydroxylation sites is 1. The molecule has 1 aromatic carbocycles. The Morgan fingerprint density at radius 3 is 2.58 bits per heavy atom. The quantitative estimate of drug-likeness (QED) is 0.933. The van der Waals surface area contributed by atoms with Crippen LogP contribution in [-0.4, -0.2) is 21.7 Å². The maximum absolute atomic E-state index is 12.7. The third-order valence-electron chi connectivity index (χ3n) is 6.94. The normalized spacial score (nSPS) is 30.5. The fourth-order valence-electron chi connectivity index (χ4n) is 4.82. The Bertz CT molecular complexity index is 764. The Balaban J connectivity index is 1.51. The molecule has 1 amide bonds. The Morgan fingerprint density at radius 2 is 1.96 bits per heavy atom. The van der Waals surface area contributed by atoms with Gasteiger partial charge in [0, 0.05) is 12.2 Å². The summed E-state index contributed by atoms with van der Waals surface area (Å²) in [6, 6.07) is 11.9. The lowest BCUT2D eigenvalue weighted by molar-refractivity contribution is 0.0821. The van der Waals surface area contributed by atoms with Gasteiger partial charge in [-0.2, -0.15) is 5.10 Å². The monoisotopic (exact) mass is 323 g/mol. The zero-order valence-electron chi connectivity index (χ0n) is 14.6. The smallest absolute Gasteiger partial charge is 0.272 e. The van der Waals surface area contributed by atoms with Crippen molar-refractivity contribution in [1.29, 1.82) is 0 Å². The number of hydrogen-bond donors (Lipinski definition) is 1. The first-order chi connectivity index (χ1) is 11.4. The van der Waals surface area contributed by atoms with E-state index in [0.717, 1.165) is 18.0 Å². The number of amides is 1. The predicted molar refractivity (Wildman–Crippen MR) is 94.0 cm³/mol. The van der Waals surface area contributed by atoms with Crippen molar-refractivity contribution in [2.24, 2.45) is 16.7 Å². The molecule has 1 aromatic heterocycles. The summed E-state index contributed by atoms with van der Waals surface area (Å²) in [5, 5.41) is 7.72. The van der Waals surface area contributed by atoms with Crippen molar-refractivity contribution in [2.45, 2.75) is 46.1 Å². The number of aromatic nitrogens is 2. The number of fused-ring (bicyclic) bond motifs is 2. The van der Waals surface area contributed by atoms with Crippen LogP contribution in [0, 0.1) is 16.7 Å². The number of rotatable bonds is 3. The van der Waals surface area contributed by atoms with E-state index in [0.29, 0.717) is 11.1 Å². The van der Waals surface area contributed by atoms with Crippen LogP contribution in [0.1, 0.15) is 50.5 Å². The molecular formula is C20H25N3O. The Labute approximate surface area is 143 Å². The van der Waals surface area contributed by atoms with Crippen molar-refractivity contribution in [2.75, 3.05) is 0 Å². The largest absolute Gasteiger partial charge is 0.347 e. The standard InChI is InChI=1S/C20H25N3O/c1-19(2)14-9-11-20(19,3)17(13-14)21-18(24)16-10-12-23(22-16)15-7-5-4-6-8-15/h4-8,10,12,14,17H,9,11,13H2,1-3H3,(H,21,24)/t14-,17-,20-/m0/s1. The molecule has 2 aliphatic carbocycles. The van der Waals surface area contributed by atoms with Crippen molar-refractivity contribution in [1.82, 2.24) is 15.1 Å². The van der Waals surface area contributed by atoms with E-state index < -0.39 is 0 Å². The van der Waals surface area contributed by atoms with Gasteiger partial charge in [-0.1, -0.05) is 39.0 Å². The third kappa shape index (κ3) is 2.12. The van der Waals surface area contributed by atoms with E-state index in [9.17, 15) is 4.79 Å². The summed E-state index contributed by atoms with van der Waals surface area (Å²) in [6.07, 6.45) is 5.43. The van der Waals surface area contributed by atoms with Crippen molar-refractivity contribution in [3.05, 3.63) is 48.3 Å². The highest BCUT2D eigenvalue weighted by Gasteiger charge is 2.61. The van der Waals surface area contributed by atoms with Gasteiger partial charge < -0.3 is 5.32 Å². The van der Waals surface area contributed by atoms with E-state index in [4.69, 9.17) is 0 Å². The van der Waals surface area contributed by atoms with Crippen LogP contribution in [0.3, 0.4) is 0 Å². The first kappa shape index (κ1) is 15.4. The van der Waals surface area contributed by atoms with Crippen LogP contribution in [0.2, 0.25) is 0 Å². The molecular weight excluding hydrogens is 298 g/mol. The van der Waals surface area contributed by atoms with Crippen LogP contribution in [0.15, 0.2) is 42.6 Å². The summed E-state index contributed by atoms with van der Waals surface area (Å²) in [5.74, 6) is 0.661. The second kappa shape index (κ2) is 5.20. The number of hydrogen-bond acceptors (Lipinski definition) is 2. The highest BCUT2D eigenvalue weighted by atomic mass is 16.2. The topological polar surface area (TPSA) is 46.9 Å². The van der Waals surface area contributed by atoms with Crippen molar-refractivity contribution >= 4 is 5.91 Å². The molecule has 2 bridgehead atoms. The van der Waals surface area contributed by atoms with Gasteiger partial charge >= 0.3 is 0 Å². The Hall–Kier alpha value is -2.10. The molecule has 0 saturated heterocycles. The highest BCUT2D eigenvalue weighted by Crippen LogP contribution is 2.65. The van der Waals surface area contributed by atoms with Crippen molar-refractivity contribution in [3.63, 3.8) is 0 Å². The number of benzene rings is 1. The lowest BCUT2D eigenvalue weighted by atomic mass is 9.69. The zero-order valence-corrected chi connectivity index (χ0v) is 14.6. The average Bonchev–Trinajstić information content (AvgIpc) is 3.19. The summed E-state index contributed by atoms with van der Waals surface area (Å²) in [6.45, 7) is 7.06. The molecule has 2 saturated carbocycles. The lowest BCUT2D eigenvalue weighted by Gasteiger charge is -2.39. The maximum Gasteiger partial charge on any atom is 0.272 e. The van der Waals surface area contributed by atoms with Crippen molar-refractivity contribution < 1.29 is 4.79 Å². The van der Waals surface area contributed by atoms with Gasteiger partial charge in [-0.25, -0.2) is 4.68 Å². The van der Waals surface area contributed by atoms with Gasteiger partial charge in [0.05, 0.1) is 5.69 Å². The molecule has 4 nitrogen and oxygen atoms in total. The minimum atomic E-state index is -0.0562. The molecule has 0 aliphatic heterocycles. The molecule has 0 unspecified atom stereocenters. The van der Waals surface area contributed by atoms with Gasteiger partial charge in [0.15, 0.2) is 5.69 Å². The molecule has 3 atom stereocenters. The van der Waals surface area contributed by atoms with Crippen LogP contribution in [0.4, 0.5) is 0 Å². The van der Waals surface area contributed by atoms with Gasteiger partial charge in [-0.15, -0.1) is 0 Å². The third-order valence-corrected chi connectivity index (χ3v) is 6.94. The van der Waals surface area contributed by atoms with Crippen LogP contribution in [-0.2, 0) is 0 Å². The highest BCUT2D eigenvalue weighted by molar-refractivity contribution is 5.92. The first-order valence-corrected chi connectivity index (χ1v) is 8.84. The molecule has 126 valence electrons. The second-order valence-electron chi connectivity index (χ2n) is 8.12. The van der Waals surface area contributed by atoms with E-state index in [2.05, 4.69) is 31.2 Å². The van der Waals surface area contributed by atoms with Crippen molar-refractivity contribution in [3.8, 4) is 5.69 Å². The molecule has 0 spiro atoms. The van der Waals surface area contributed by atoms with E-state index in [-0.39, 0.29) is 17.4 Å². The van der Waals surface area contributed by atoms with Crippen LogP contribution in [0.25, 0.3) is 5.69 Å². The Kier molecular flexibility index (Phi) is 3.34. The molecule has 2 aromatic rings.